The van der Waals surface area contributed by atoms with Gasteiger partial charge in [0.15, 0.2) is 25.2 Å². The average molecular weight is 718 g/mol. The molecule has 4 aliphatic heterocycles. The predicted molar refractivity (Wildman–Crippen MR) is 157 cm³/mol. The van der Waals surface area contributed by atoms with Crippen LogP contribution in [0.3, 0.4) is 0 Å². The van der Waals surface area contributed by atoms with E-state index in [-0.39, 0.29) is 0 Å². The van der Waals surface area contributed by atoms with Gasteiger partial charge in [-0.1, -0.05) is 0 Å². The first-order valence-electron chi connectivity index (χ1n) is 16.2. The molecule has 4 fully saturated rings. The third kappa shape index (κ3) is 8.87. The van der Waals surface area contributed by atoms with Crippen LogP contribution in [0.15, 0.2) is 0 Å². The molecule has 1 amide bonds. The van der Waals surface area contributed by atoms with E-state index in [4.69, 9.17) is 37.9 Å². The predicted octanol–water partition coefficient (Wildman–Crippen LogP) is -6.12. The van der Waals surface area contributed by atoms with E-state index in [0.29, 0.717) is 0 Å². The lowest BCUT2D eigenvalue weighted by molar-refractivity contribution is -0.397. The Morgan fingerprint density at radius 3 is 1.53 bits per heavy atom. The van der Waals surface area contributed by atoms with E-state index in [2.05, 4.69) is 5.32 Å². The van der Waals surface area contributed by atoms with Crippen molar-refractivity contribution in [3.63, 3.8) is 0 Å². The quantitative estimate of drug-likeness (QED) is 0.0947. The Bertz CT molecular complexity index is 1060. The number of nitrogens with one attached hydrogen (secondary N) is 1. The van der Waals surface area contributed by atoms with E-state index in [9.17, 15) is 55.9 Å². The number of aliphatic hydroxyl groups is 10. The Balaban J connectivity index is 1.63. The van der Waals surface area contributed by atoms with Crippen molar-refractivity contribution in [2.75, 3.05) is 13.2 Å². The van der Waals surface area contributed by atoms with Gasteiger partial charge >= 0.3 is 0 Å². The molecule has 0 aliphatic carbocycles. The second-order valence-corrected chi connectivity index (χ2v) is 12.9. The zero-order valence-corrected chi connectivity index (χ0v) is 27.7. The number of carbonyl (C=O) groups is 1. The minimum Gasteiger partial charge on any atom is -0.394 e. The van der Waals surface area contributed by atoms with Crippen LogP contribution < -0.4 is 5.32 Å². The summed E-state index contributed by atoms with van der Waals surface area (Å²) in [5.41, 5.74) is 0. The zero-order valence-electron chi connectivity index (χ0n) is 27.7. The van der Waals surface area contributed by atoms with Gasteiger partial charge in [0.2, 0.25) is 5.91 Å². The molecule has 0 aromatic carbocycles. The highest BCUT2D eigenvalue weighted by molar-refractivity contribution is 5.73. The van der Waals surface area contributed by atoms with Crippen LogP contribution in [0.25, 0.3) is 0 Å². The van der Waals surface area contributed by atoms with Crippen molar-refractivity contribution in [3.05, 3.63) is 0 Å². The first kappa shape index (κ1) is 40.5. The number of rotatable bonds is 11. The Hall–Kier alpha value is -1.25. The fourth-order valence-corrected chi connectivity index (χ4v) is 6.14. The van der Waals surface area contributed by atoms with Gasteiger partial charge in [0.25, 0.3) is 0 Å². The maximum absolute atomic E-state index is 11.8. The molecule has 20 heteroatoms. The van der Waals surface area contributed by atoms with Gasteiger partial charge in [-0.2, -0.15) is 0 Å². The van der Waals surface area contributed by atoms with Gasteiger partial charge in [-0.05, 0) is 27.7 Å². The minimum atomic E-state index is -1.87. The average Bonchev–Trinajstić information content (AvgIpc) is 3.05. The summed E-state index contributed by atoms with van der Waals surface area (Å²) in [6, 6.07) is -1.25. The van der Waals surface area contributed by atoms with Crippen molar-refractivity contribution >= 4 is 5.91 Å². The van der Waals surface area contributed by atoms with Crippen molar-refractivity contribution in [1.82, 2.24) is 5.32 Å². The monoisotopic (exact) mass is 717 g/mol. The highest BCUT2D eigenvalue weighted by Gasteiger charge is 2.55. The van der Waals surface area contributed by atoms with Gasteiger partial charge in [-0.25, -0.2) is 0 Å². The lowest BCUT2D eigenvalue weighted by Gasteiger charge is -2.50. The molecule has 0 aromatic heterocycles. The number of amides is 1. The molecule has 0 radical (unpaired) electrons. The van der Waals surface area contributed by atoms with Crippen LogP contribution in [0.4, 0.5) is 0 Å². The van der Waals surface area contributed by atoms with Crippen LogP contribution in [0.1, 0.15) is 34.6 Å². The zero-order chi connectivity index (χ0) is 36.5. The molecule has 49 heavy (non-hydrogen) atoms. The number of hydrogen-bond donors (Lipinski definition) is 11. The van der Waals surface area contributed by atoms with Crippen LogP contribution in [0.5, 0.6) is 0 Å². The van der Waals surface area contributed by atoms with Crippen molar-refractivity contribution < 1.29 is 93.8 Å². The largest absolute Gasteiger partial charge is 0.394 e. The van der Waals surface area contributed by atoms with E-state index >= 15 is 0 Å². The molecular weight excluding hydrogens is 666 g/mol. The van der Waals surface area contributed by atoms with Gasteiger partial charge in [0, 0.05) is 6.92 Å². The van der Waals surface area contributed by atoms with Gasteiger partial charge < -0.3 is 94.3 Å². The molecule has 20 nitrogen and oxygen atoms in total. The minimum absolute atomic E-state index is 0.563. The molecule has 11 N–H and O–H groups in total. The molecular formula is C29H51NO19. The van der Waals surface area contributed by atoms with Crippen LogP contribution in [-0.2, 0) is 42.7 Å². The molecule has 0 unspecified atom stereocenters. The van der Waals surface area contributed by atoms with Gasteiger partial charge in [-0.15, -0.1) is 0 Å². The van der Waals surface area contributed by atoms with Gasteiger partial charge in [-0.3, -0.25) is 4.79 Å². The van der Waals surface area contributed by atoms with Crippen LogP contribution in [0.2, 0.25) is 0 Å². The molecule has 4 rings (SSSR count). The molecule has 4 aliphatic rings. The van der Waals surface area contributed by atoms with Gasteiger partial charge in [0.05, 0.1) is 43.7 Å². The number of ether oxygens (including phenoxy) is 8. The van der Waals surface area contributed by atoms with Crippen molar-refractivity contribution in [2.24, 2.45) is 0 Å². The Morgan fingerprint density at radius 1 is 0.551 bits per heavy atom. The third-order valence-corrected chi connectivity index (χ3v) is 9.17. The molecule has 20 atom stereocenters. The summed E-state index contributed by atoms with van der Waals surface area (Å²) in [6.45, 7) is 5.57. The topological polar surface area (TPSA) is 305 Å². The van der Waals surface area contributed by atoms with Crippen molar-refractivity contribution in [3.8, 4) is 0 Å². The highest BCUT2D eigenvalue weighted by atomic mass is 16.8. The fraction of sp³-hybridized carbons (Fsp3) is 0.966. The van der Waals surface area contributed by atoms with Crippen LogP contribution in [-0.4, -0.2) is 199 Å². The van der Waals surface area contributed by atoms with E-state index in [0.717, 1.165) is 0 Å². The smallest absolute Gasteiger partial charge is 0.217 e. The van der Waals surface area contributed by atoms with Crippen molar-refractivity contribution in [1.29, 1.82) is 0 Å². The van der Waals surface area contributed by atoms with Gasteiger partial charge in [0.1, 0.15) is 73.2 Å². The highest BCUT2D eigenvalue weighted by Crippen LogP contribution is 2.35. The summed E-state index contributed by atoms with van der Waals surface area (Å²) in [5.74, 6) is -0.563. The summed E-state index contributed by atoms with van der Waals surface area (Å²) in [5, 5.41) is 108. The number of aliphatic hydroxyl groups excluding tert-OH is 10. The van der Waals surface area contributed by atoms with E-state index in [1.54, 1.807) is 0 Å². The molecule has 4 saturated heterocycles. The Kier molecular flexibility index (Phi) is 14.1. The van der Waals surface area contributed by atoms with Crippen LogP contribution in [0, 0.1) is 0 Å². The van der Waals surface area contributed by atoms with E-state index < -0.39 is 148 Å². The summed E-state index contributed by atoms with van der Waals surface area (Å²) in [4.78, 5) is 11.8. The van der Waals surface area contributed by atoms with E-state index in [1.165, 1.54) is 34.6 Å². The summed E-state index contributed by atoms with van der Waals surface area (Å²) >= 11 is 0. The lowest BCUT2D eigenvalue weighted by atomic mass is 9.95. The standard InChI is InChI=1S/C29H51NO19/c1-8-15(34)14(30-12(5)33)19(38)26(42-8)48-24-18(37)11(4)45-29(46-13(6-31)7-32)25(24)49-28-22(41)23(17(36)10(3)44-28)47-27-21(40)20(39)16(35)9(2)43-27/h8-11,13-29,31-32,34-41H,6-7H2,1-5H3,(H,30,33)/t8-,9+,10+,11+,14+,15+,16+,17+,18+,19-,20-,21-,22-,23-,24-,25-,26-,27+,28+,29+/m1/s1. The lowest BCUT2D eigenvalue weighted by Crippen LogP contribution is -2.68. The van der Waals surface area contributed by atoms with E-state index in [1.807, 2.05) is 0 Å². The summed E-state index contributed by atoms with van der Waals surface area (Å²) in [7, 11) is 0. The van der Waals surface area contributed by atoms with Crippen LogP contribution >= 0.6 is 0 Å². The molecule has 0 aromatic rings. The molecule has 286 valence electrons. The molecule has 0 saturated carbocycles. The normalized spacial score (nSPS) is 49.6. The summed E-state index contributed by atoms with van der Waals surface area (Å²) < 4.78 is 46.3. The number of carbonyl (C=O) groups excluding carboxylic acids is 1. The Morgan fingerprint density at radius 2 is 0.980 bits per heavy atom. The maximum atomic E-state index is 11.8. The third-order valence-electron chi connectivity index (χ3n) is 9.17. The maximum Gasteiger partial charge on any atom is 0.217 e. The molecule has 4 heterocycles. The second kappa shape index (κ2) is 17.1. The Labute approximate surface area is 281 Å². The first-order valence-corrected chi connectivity index (χ1v) is 16.2. The first-order chi connectivity index (χ1) is 23.0. The molecule has 0 bridgehead atoms. The number of hydrogen-bond acceptors (Lipinski definition) is 19. The summed E-state index contributed by atoms with van der Waals surface area (Å²) in [6.07, 6.45) is -29.5. The van der Waals surface area contributed by atoms with Crippen molar-refractivity contribution in [2.45, 2.75) is 163 Å². The fourth-order valence-electron chi connectivity index (χ4n) is 6.14. The molecule has 0 spiro atoms. The SMILES string of the molecule is CC(=O)N[C@H]1[C@@H](O)[C@@H](C)O[C@H](O[C@@H]2[C@@H](O)[C@H](C)O[C@@H](OC(CO)CO)[C@@H]2O[C@@H]2O[C@@H](C)[C@H](O)[C@@H](O[C@@H]3O[C@@H](C)[C@H](O)[C@@H](O)[C@H]3O)[C@H]2O)[C@@H]1O. The second-order valence-electron chi connectivity index (χ2n) is 12.9.